The number of carbonyl (C=O) groups is 1. The number of carbonyl (C=O) groups excluding carboxylic acids is 1. The minimum atomic E-state index is 0.0308. The number of nitrogens with zero attached hydrogens (tertiary/aromatic N) is 2. The molecule has 0 atom stereocenters. The van der Waals surface area contributed by atoms with Gasteiger partial charge in [0.1, 0.15) is 0 Å². The molecule has 0 aromatic heterocycles. The van der Waals surface area contributed by atoms with Crippen LogP contribution < -0.4 is 10.2 Å². The number of thioether (sulfide) groups is 1. The van der Waals surface area contributed by atoms with Gasteiger partial charge in [-0.2, -0.15) is 0 Å². The minimum Gasteiger partial charge on any atom is -0.369 e. The van der Waals surface area contributed by atoms with Crippen LogP contribution in [0, 0.1) is 0 Å². The molecule has 1 amide bonds. The highest BCUT2D eigenvalue weighted by Gasteiger charge is 2.17. The fourth-order valence-corrected chi connectivity index (χ4v) is 4.57. The van der Waals surface area contributed by atoms with E-state index in [4.69, 9.17) is 23.2 Å². The second kappa shape index (κ2) is 10.4. The van der Waals surface area contributed by atoms with E-state index in [2.05, 4.69) is 40.4 Å². The molecule has 1 aliphatic heterocycles. The van der Waals surface area contributed by atoms with Crippen LogP contribution in [0.3, 0.4) is 0 Å². The lowest BCUT2D eigenvalue weighted by Crippen LogP contribution is -2.45. The molecule has 7 heteroatoms. The predicted octanol–water partition coefficient (Wildman–Crippen LogP) is 4.29. The SMILES string of the molecule is CN1CCN(c2ccccc2CNC(=O)CSCc2ccc(Cl)cc2Cl)CC1. The first-order chi connectivity index (χ1) is 13.5. The van der Waals surface area contributed by atoms with Crippen molar-refractivity contribution >= 4 is 46.6 Å². The average molecular weight is 438 g/mol. The van der Waals surface area contributed by atoms with Gasteiger partial charge in [-0.05, 0) is 36.4 Å². The van der Waals surface area contributed by atoms with Crippen molar-refractivity contribution in [2.24, 2.45) is 0 Å². The maximum Gasteiger partial charge on any atom is 0.230 e. The lowest BCUT2D eigenvalue weighted by atomic mass is 10.1. The summed E-state index contributed by atoms with van der Waals surface area (Å²) in [7, 11) is 2.15. The fourth-order valence-electron chi connectivity index (χ4n) is 3.15. The van der Waals surface area contributed by atoms with E-state index in [-0.39, 0.29) is 5.91 Å². The van der Waals surface area contributed by atoms with Crippen molar-refractivity contribution < 1.29 is 4.79 Å². The molecule has 0 unspecified atom stereocenters. The summed E-state index contributed by atoms with van der Waals surface area (Å²) >= 11 is 13.6. The van der Waals surface area contributed by atoms with E-state index in [0.717, 1.165) is 37.3 Å². The third-order valence-electron chi connectivity index (χ3n) is 4.82. The van der Waals surface area contributed by atoms with Gasteiger partial charge in [-0.25, -0.2) is 0 Å². The van der Waals surface area contributed by atoms with Gasteiger partial charge >= 0.3 is 0 Å². The van der Waals surface area contributed by atoms with Crippen LogP contribution in [0.5, 0.6) is 0 Å². The van der Waals surface area contributed by atoms with Gasteiger partial charge in [0.2, 0.25) is 5.91 Å². The Balaban J connectivity index is 1.48. The highest BCUT2D eigenvalue weighted by molar-refractivity contribution is 7.99. The molecular formula is C21H25Cl2N3OS. The number of para-hydroxylation sites is 1. The number of amides is 1. The molecular weight excluding hydrogens is 413 g/mol. The first-order valence-electron chi connectivity index (χ1n) is 9.32. The number of anilines is 1. The van der Waals surface area contributed by atoms with E-state index in [9.17, 15) is 4.79 Å². The van der Waals surface area contributed by atoms with E-state index >= 15 is 0 Å². The molecule has 1 aliphatic rings. The number of likely N-dealkylation sites (N-methyl/N-ethyl adjacent to an activating group) is 1. The van der Waals surface area contributed by atoms with Crippen molar-refractivity contribution in [3.63, 3.8) is 0 Å². The second-order valence-corrected chi connectivity index (χ2v) is 8.75. The molecule has 0 bridgehead atoms. The van der Waals surface area contributed by atoms with Crippen LogP contribution in [-0.4, -0.2) is 49.8 Å². The Bertz CT molecular complexity index is 810. The van der Waals surface area contributed by atoms with Crippen molar-refractivity contribution in [1.29, 1.82) is 0 Å². The van der Waals surface area contributed by atoms with Crippen LogP contribution >= 0.6 is 35.0 Å². The van der Waals surface area contributed by atoms with Crippen molar-refractivity contribution in [1.82, 2.24) is 10.2 Å². The van der Waals surface area contributed by atoms with E-state index in [0.29, 0.717) is 28.1 Å². The number of benzene rings is 2. The summed E-state index contributed by atoms with van der Waals surface area (Å²) in [4.78, 5) is 17.0. The van der Waals surface area contributed by atoms with Crippen LogP contribution in [0.2, 0.25) is 10.0 Å². The molecule has 1 N–H and O–H groups in total. The Morgan fingerprint density at radius 2 is 1.82 bits per heavy atom. The number of piperazine rings is 1. The largest absolute Gasteiger partial charge is 0.369 e. The standard InChI is InChI=1S/C21H25Cl2N3OS/c1-25-8-10-26(11-9-25)20-5-3-2-4-16(20)13-24-21(27)15-28-14-17-6-7-18(22)12-19(17)23/h2-7,12H,8-11,13-15H2,1H3,(H,24,27). The molecule has 0 saturated carbocycles. The molecule has 0 aliphatic carbocycles. The summed E-state index contributed by atoms with van der Waals surface area (Å²) in [6.07, 6.45) is 0. The van der Waals surface area contributed by atoms with Gasteiger partial charge in [0, 0.05) is 54.2 Å². The summed E-state index contributed by atoms with van der Waals surface area (Å²) in [5, 5.41) is 4.31. The zero-order chi connectivity index (χ0) is 19.9. The molecule has 1 heterocycles. The number of hydrogen-bond donors (Lipinski definition) is 1. The van der Waals surface area contributed by atoms with Crippen LogP contribution in [0.15, 0.2) is 42.5 Å². The van der Waals surface area contributed by atoms with Crippen molar-refractivity contribution in [3.05, 3.63) is 63.6 Å². The first kappa shape index (κ1) is 21.3. The smallest absolute Gasteiger partial charge is 0.230 e. The van der Waals surface area contributed by atoms with Crippen LogP contribution in [0.1, 0.15) is 11.1 Å². The van der Waals surface area contributed by atoms with Crippen molar-refractivity contribution in [2.75, 3.05) is 43.9 Å². The van der Waals surface area contributed by atoms with Gasteiger partial charge in [0.25, 0.3) is 0 Å². The molecule has 1 fully saturated rings. The van der Waals surface area contributed by atoms with Crippen molar-refractivity contribution in [3.8, 4) is 0 Å². The van der Waals surface area contributed by atoms with Gasteiger partial charge < -0.3 is 15.1 Å². The summed E-state index contributed by atoms with van der Waals surface area (Å²) in [6.45, 7) is 4.69. The molecule has 2 aromatic carbocycles. The highest BCUT2D eigenvalue weighted by Crippen LogP contribution is 2.25. The highest BCUT2D eigenvalue weighted by atomic mass is 35.5. The molecule has 1 saturated heterocycles. The van der Waals surface area contributed by atoms with E-state index in [1.165, 1.54) is 5.69 Å². The number of rotatable bonds is 7. The van der Waals surface area contributed by atoms with Gasteiger partial charge in [-0.1, -0.05) is 47.5 Å². The average Bonchev–Trinajstić information content (AvgIpc) is 2.69. The molecule has 28 heavy (non-hydrogen) atoms. The van der Waals surface area contributed by atoms with E-state index < -0.39 is 0 Å². The third kappa shape index (κ3) is 6.05. The fraction of sp³-hybridized carbons (Fsp3) is 0.381. The lowest BCUT2D eigenvalue weighted by molar-refractivity contribution is -0.118. The minimum absolute atomic E-state index is 0.0308. The molecule has 0 spiro atoms. The van der Waals surface area contributed by atoms with Crippen LogP contribution in [0.25, 0.3) is 0 Å². The summed E-state index contributed by atoms with van der Waals surface area (Å²) in [5.41, 5.74) is 3.37. The predicted molar refractivity (Wildman–Crippen MR) is 121 cm³/mol. The molecule has 4 nitrogen and oxygen atoms in total. The molecule has 3 rings (SSSR count). The Labute approximate surface area is 181 Å². The number of nitrogens with one attached hydrogen (secondary N) is 1. The van der Waals surface area contributed by atoms with Gasteiger partial charge in [-0.3, -0.25) is 4.79 Å². The topological polar surface area (TPSA) is 35.6 Å². The second-order valence-electron chi connectivity index (χ2n) is 6.92. The zero-order valence-corrected chi connectivity index (χ0v) is 18.3. The monoisotopic (exact) mass is 437 g/mol. The maximum atomic E-state index is 12.3. The van der Waals surface area contributed by atoms with Crippen LogP contribution in [0.4, 0.5) is 5.69 Å². The Morgan fingerprint density at radius 3 is 2.57 bits per heavy atom. The summed E-state index contributed by atoms with van der Waals surface area (Å²) < 4.78 is 0. The molecule has 150 valence electrons. The van der Waals surface area contributed by atoms with Gasteiger partial charge in [-0.15, -0.1) is 11.8 Å². The first-order valence-corrected chi connectivity index (χ1v) is 11.2. The Hall–Kier alpha value is -1.40. The van der Waals surface area contributed by atoms with Gasteiger partial charge in [0.15, 0.2) is 0 Å². The number of halogens is 2. The Kier molecular flexibility index (Phi) is 7.91. The third-order valence-corrected chi connectivity index (χ3v) is 6.39. The maximum absolute atomic E-state index is 12.3. The lowest BCUT2D eigenvalue weighted by Gasteiger charge is -2.35. The Morgan fingerprint density at radius 1 is 1.07 bits per heavy atom. The van der Waals surface area contributed by atoms with E-state index in [1.807, 2.05) is 18.2 Å². The normalized spacial score (nSPS) is 14.9. The molecule has 2 aromatic rings. The summed E-state index contributed by atoms with van der Waals surface area (Å²) in [6, 6.07) is 13.8. The van der Waals surface area contributed by atoms with Gasteiger partial charge in [0.05, 0.1) is 5.75 Å². The van der Waals surface area contributed by atoms with Crippen LogP contribution in [-0.2, 0) is 17.1 Å². The quantitative estimate of drug-likeness (QED) is 0.700. The molecule has 0 radical (unpaired) electrons. The summed E-state index contributed by atoms with van der Waals surface area (Å²) in [5.74, 6) is 1.11. The number of hydrogen-bond acceptors (Lipinski definition) is 4. The van der Waals surface area contributed by atoms with E-state index in [1.54, 1.807) is 17.8 Å². The zero-order valence-electron chi connectivity index (χ0n) is 16.0. The van der Waals surface area contributed by atoms with Crippen molar-refractivity contribution in [2.45, 2.75) is 12.3 Å².